The van der Waals surface area contributed by atoms with Gasteiger partial charge in [0.05, 0.1) is 11.6 Å². The van der Waals surface area contributed by atoms with E-state index >= 15 is 0 Å². The third-order valence-corrected chi connectivity index (χ3v) is 4.31. The van der Waals surface area contributed by atoms with Crippen molar-refractivity contribution in [1.29, 1.82) is 0 Å². The molecule has 0 fully saturated rings. The van der Waals surface area contributed by atoms with E-state index in [-0.39, 0.29) is 24.5 Å². The Balaban J connectivity index is 1.67. The van der Waals surface area contributed by atoms with Crippen LogP contribution in [0.5, 0.6) is 17.2 Å². The van der Waals surface area contributed by atoms with Crippen LogP contribution >= 0.6 is 0 Å². The zero-order chi connectivity index (χ0) is 19.2. The highest BCUT2D eigenvalue weighted by molar-refractivity contribution is 5.81. The maximum absolute atomic E-state index is 12.4. The van der Waals surface area contributed by atoms with Crippen molar-refractivity contribution in [2.45, 2.75) is 19.9 Å². The number of carbonyl (C=O) groups is 2. The van der Waals surface area contributed by atoms with Crippen molar-refractivity contribution in [3.63, 3.8) is 0 Å². The standard InChI is InChI=1S/C21H23NO5/c1-14(2)21(15-7-8-18-19(11-15)26-10-9-25-18)22-20(24)13-27-17-6-4-3-5-16(17)12-23/h3-8,11-12,14,21H,9-10,13H2,1-2H3,(H,22,24)/t21-/m0/s1. The van der Waals surface area contributed by atoms with E-state index in [1.807, 2.05) is 32.0 Å². The molecule has 2 aromatic rings. The Bertz CT molecular complexity index is 818. The predicted molar refractivity (Wildman–Crippen MR) is 100 cm³/mol. The molecule has 0 saturated carbocycles. The van der Waals surface area contributed by atoms with Crippen molar-refractivity contribution in [1.82, 2.24) is 5.32 Å². The number of hydrogen-bond acceptors (Lipinski definition) is 5. The minimum atomic E-state index is -0.260. The van der Waals surface area contributed by atoms with Crippen LogP contribution in [0.1, 0.15) is 35.8 Å². The number of carbonyl (C=O) groups excluding carboxylic acids is 2. The molecule has 1 N–H and O–H groups in total. The van der Waals surface area contributed by atoms with Gasteiger partial charge in [0.15, 0.2) is 24.4 Å². The summed E-state index contributed by atoms with van der Waals surface area (Å²) in [6.07, 6.45) is 0.708. The van der Waals surface area contributed by atoms with E-state index in [4.69, 9.17) is 14.2 Å². The molecule has 0 radical (unpaired) electrons. The van der Waals surface area contributed by atoms with Crippen LogP contribution in [-0.4, -0.2) is 32.0 Å². The molecular weight excluding hydrogens is 346 g/mol. The van der Waals surface area contributed by atoms with Crippen molar-refractivity contribution >= 4 is 12.2 Å². The number of ether oxygens (including phenoxy) is 3. The highest BCUT2D eigenvalue weighted by Crippen LogP contribution is 2.34. The van der Waals surface area contributed by atoms with Crippen LogP contribution in [0.2, 0.25) is 0 Å². The van der Waals surface area contributed by atoms with Crippen molar-refractivity contribution in [3.8, 4) is 17.2 Å². The maximum atomic E-state index is 12.4. The van der Waals surface area contributed by atoms with Crippen molar-refractivity contribution in [3.05, 3.63) is 53.6 Å². The maximum Gasteiger partial charge on any atom is 0.258 e. The first kappa shape index (κ1) is 18.8. The lowest BCUT2D eigenvalue weighted by Gasteiger charge is -2.25. The van der Waals surface area contributed by atoms with Crippen LogP contribution in [0.3, 0.4) is 0 Å². The Labute approximate surface area is 158 Å². The summed E-state index contributed by atoms with van der Waals surface area (Å²) < 4.78 is 16.7. The average molecular weight is 369 g/mol. The molecule has 6 nitrogen and oxygen atoms in total. The van der Waals surface area contributed by atoms with Crippen LogP contribution in [0.15, 0.2) is 42.5 Å². The van der Waals surface area contributed by atoms with Crippen LogP contribution < -0.4 is 19.5 Å². The zero-order valence-corrected chi connectivity index (χ0v) is 15.4. The number of para-hydroxylation sites is 1. The normalized spacial score (nSPS) is 13.7. The summed E-state index contributed by atoms with van der Waals surface area (Å²) in [5, 5.41) is 3.00. The van der Waals surface area contributed by atoms with E-state index in [9.17, 15) is 9.59 Å². The molecule has 27 heavy (non-hydrogen) atoms. The van der Waals surface area contributed by atoms with Crippen molar-refractivity contribution in [2.75, 3.05) is 19.8 Å². The highest BCUT2D eigenvalue weighted by Gasteiger charge is 2.21. The minimum absolute atomic E-state index is 0.166. The van der Waals surface area contributed by atoms with Gasteiger partial charge in [-0.15, -0.1) is 0 Å². The third kappa shape index (κ3) is 4.58. The lowest BCUT2D eigenvalue weighted by atomic mass is 9.95. The second kappa shape index (κ2) is 8.58. The molecule has 1 amide bonds. The summed E-state index contributed by atoms with van der Waals surface area (Å²) in [7, 11) is 0. The molecule has 2 aromatic carbocycles. The van der Waals surface area contributed by atoms with Gasteiger partial charge in [0.25, 0.3) is 5.91 Å². The van der Waals surface area contributed by atoms with E-state index in [2.05, 4.69) is 5.32 Å². The van der Waals surface area contributed by atoms with Crippen molar-refractivity contribution < 1.29 is 23.8 Å². The van der Waals surface area contributed by atoms with Gasteiger partial charge < -0.3 is 19.5 Å². The first-order valence-corrected chi connectivity index (χ1v) is 8.94. The Morgan fingerprint density at radius 3 is 2.63 bits per heavy atom. The lowest BCUT2D eigenvalue weighted by molar-refractivity contribution is -0.124. The first-order valence-electron chi connectivity index (χ1n) is 8.94. The highest BCUT2D eigenvalue weighted by atomic mass is 16.6. The Kier molecular flexibility index (Phi) is 5.96. The van der Waals surface area contributed by atoms with E-state index in [1.54, 1.807) is 24.3 Å². The number of amides is 1. The number of hydrogen-bond donors (Lipinski definition) is 1. The molecule has 0 spiro atoms. The monoisotopic (exact) mass is 369 g/mol. The average Bonchev–Trinajstić information content (AvgIpc) is 2.70. The molecule has 1 aliphatic heterocycles. The number of fused-ring (bicyclic) bond motifs is 1. The molecular formula is C21H23NO5. The molecule has 3 rings (SSSR count). The molecule has 0 aromatic heterocycles. The van der Waals surface area contributed by atoms with Gasteiger partial charge >= 0.3 is 0 Å². The minimum Gasteiger partial charge on any atom is -0.486 e. The van der Waals surface area contributed by atoms with E-state index in [0.29, 0.717) is 42.3 Å². The van der Waals surface area contributed by atoms with Crippen LogP contribution in [0.25, 0.3) is 0 Å². The van der Waals surface area contributed by atoms with Gasteiger partial charge in [-0.05, 0) is 35.7 Å². The fraction of sp³-hybridized carbons (Fsp3) is 0.333. The van der Waals surface area contributed by atoms with Gasteiger partial charge in [-0.3, -0.25) is 9.59 Å². The second-order valence-electron chi connectivity index (χ2n) is 6.64. The first-order chi connectivity index (χ1) is 13.1. The summed E-state index contributed by atoms with van der Waals surface area (Å²) in [5.74, 6) is 1.70. The predicted octanol–water partition coefficient (Wildman–Crippen LogP) is 3.16. The largest absolute Gasteiger partial charge is 0.486 e. The molecule has 1 heterocycles. The molecule has 142 valence electrons. The van der Waals surface area contributed by atoms with Gasteiger partial charge in [0.1, 0.15) is 19.0 Å². The molecule has 6 heteroatoms. The lowest BCUT2D eigenvalue weighted by Crippen LogP contribution is -2.35. The zero-order valence-electron chi connectivity index (χ0n) is 15.4. The van der Waals surface area contributed by atoms with Crippen LogP contribution in [0, 0.1) is 5.92 Å². The molecule has 1 aliphatic rings. The molecule has 0 bridgehead atoms. The van der Waals surface area contributed by atoms with Crippen LogP contribution in [0.4, 0.5) is 0 Å². The fourth-order valence-corrected chi connectivity index (χ4v) is 2.96. The second-order valence-corrected chi connectivity index (χ2v) is 6.64. The molecule has 0 aliphatic carbocycles. The number of aldehydes is 1. The van der Waals surface area contributed by atoms with Gasteiger partial charge in [0, 0.05) is 0 Å². The quantitative estimate of drug-likeness (QED) is 0.759. The smallest absolute Gasteiger partial charge is 0.258 e. The number of rotatable bonds is 7. The van der Waals surface area contributed by atoms with E-state index in [0.717, 1.165) is 5.56 Å². The van der Waals surface area contributed by atoms with E-state index < -0.39 is 0 Å². The van der Waals surface area contributed by atoms with Gasteiger partial charge in [-0.25, -0.2) is 0 Å². The summed E-state index contributed by atoms with van der Waals surface area (Å²) in [5.41, 5.74) is 1.36. The topological polar surface area (TPSA) is 73.9 Å². The summed E-state index contributed by atoms with van der Waals surface area (Å²) in [6.45, 7) is 4.95. The third-order valence-electron chi connectivity index (χ3n) is 4.31. The molecule has 0 unspecified atom stereocenters. The Morgan fingerprint density at radius 1 is 1.15 bits per heavy atom. The fourth-order valence-electron chi connectivity index (χ4n) is 2.96. The van der Waals surface area contributed by atoms with Gasteiger partial charge in [-0.2, -0.15) is 0 Å². The number of benzene rings is 2. The SMILES string of the molecule is CC(C)[C@H](NC(=O)COc1ccccc1C=O)c1ccc2c(c1)OCCO2. The summed E-state index contributed by atoms with van der Waals surface area (Å²) >= 11 is 0. The molecule has 1 atom stereocenters. The summed E-state index contributed by atoms with van der Waals surface area (Å²) in [4.78, 5) is 23.5. The Hall–Kier alpha value is -3.02. The van der Waals surface area contributed by atoms with Gasteiger partial charge in [0.2, 0.25) is 0 Å². The Morgan fingerprint density at radius 2 is 1.89 bits per heavy atom. The summed E-state index contributed by atoms with van der Waals surface area (Å²) in [6, 6.07) is 12.3. The molecule has 0 saturated heterocycles. The van der Waals surface area contributed by atoms with Gasteiger partial charge in [-0.1, -0.05) is 32.0 Å². The van der Waals surface area contributed by atoms with E-state index in [1.165, 1.54) is 0 Å². The van der Waals surface area contributed by atoms with Crippen LogP contribution in [-0.2, 0) is 4.79 Å². The van der Waals surface area contributed by atoms with Crippen molar-refractivity contribution in [2.24, 2.45) is 5.92 Å². The number of nitrogens with one attached hydrogen (secondary N) is 1.